The molecule has 2 unspecified atom stereocenters. The van der Waals surface area contributed by atoms with E-state index in [0.29, 0.717) is 18.3 Å². The second kappa shape index (κ2) is 10.3. The van der Waals surface area contributed by atoms with Gasteiger partial charge in [0.1, 0.15) is 0 Å². The summed E-state index contributed by atoms with van der Waals surface area (Å²) in [6.45, 7) is 6.52. The van der Waals surface area contributed by atoms with Gasteiger partial charge in [-0.1, -0.05) is 30.7 Å². The molecule has 0 radical (unpaired) electrons. The number of likely N-dealkylation sites (N-methyl/N-ethyl adjacent to an activating group) is 1. The molecule has 0 aromatic heterocycles. The molecule has 136 valence electrons. The normalized spacial score (nSPS) is 17.7. The minimum atomic E-state index is 0. The van der Waals surface area contributed by atoms with Gasteiger partial charge in [-0.15, -0.1) is 12.4 Å². The first-order chi connectivity index (χ1) is 11.0. The molecule has 3 nitrogen and oxygen atoms in total. The number of piperidine rings is 1. The van der Waals surface area contributed by atoms with E-state index < -0.39 is 0 Å². The van der Waals surface area contributed by atoms with Gasteiger partial charge in [-0.05, 0) is 68.8 Å². The average molecular weight is 373 g/mol. The van der Waals surface area contributed by atoms with Gasteiger partial charge in [-0.25, -0.2) is 0 Å². The Kier molecular flexibility index (Phi) is 9.11. The minimum Gasteiger partial charge on any atom is -0.343 e. The van der Waals surface area contributed by atoms with Gasteiger partial charge in [-0.3, -0.25) is 4.79 Å². The molecule has 2 rings (SSSR count). The van der Waals surface area contributed by atoms with Gasteiger partial charge in [0, 0.05) is 24.5 Å². The first-order valence-corrected chi connectivity index (χ1v) is 9.06. The van der Waals surface area contributed by atoms with Gasteiger partial charge < -0.3 is 10.2 Å². The molecule has 5 heteroatoms. The van der Waals surface area contributed by atoms with E-state index in [2.05, 4.69) is 19.2 Å². The summed E-state index contributed by atoms with van der Waals surface area (Å²) in [6.07, 6.45) is 3.91. The zero-order valence-electron chi connectivity index (χ0n) is 14.9. The van der Waals surface area contributed by atoms with Gasteiger partial charge in [0.2, 0.25) is 5.91 Å². The first kappa shape index (κ1) is 21.3. The van der Waals surface area contributed by atoms with E-state index in [1.54, 1.807) is 0 Å². The van der Waals surface area contributed by atoms with Crippen molar-refractivity contribution in [3.63, 3.8) is 0 Å². The lowest BCUT2D eigenvalue weighted by atomic mass is 9.84. The second-order valence-electron chi connectivity index (χ2n) is 6.95. The van der Waals surface area contributed by atoms with Crippen LogP contribution in [0.15, 0.2) is 24.3 Å². The Balaban J connectivity index is 0.00000288. The summed E-state index contributed by atoms with van der Waals surface area (Å²) >= 11 is 5.92. The van der Waals surface area contributed by atoms with Crippen LogP contribution in [0.4, 0.5) is 0 Å². The highest BCUT2D eigenvalue weighted by Gasteiger charge is 2.24. The molecule has 0 saturated carbocycles. The van der Waals surface area contributed by atoms with Gasteiger partial charge >= 0.3 is 0 Å². The molecular weight excluding hydrogens is 343 g/mol. The number of halogens is 2. The van der Waals surface area contributed by atoms with Crippen LogP contribution in [0.25, 0.3) is 0 Å². The Hall–Kier alpha value is -0.770. The van der Waals surface area contributed by atoms with Crippen molar-refractivity contribution in [2.45, 2.75) is 45.6 Å². The van der Waals surface area contributed by atoms with Crippen molar-refractivity contribution in [2.75, 3.05) is 20.1 Å². The van der Waals surface area contributed by atoms with Crippen LogP contribution in [0.3, 0.4) is 0 Å². The number of nitrogens with zero attached hydrogens (tertiary/aromatic N) is 1. The molecular formula is C19H30Cl2N2O. The van der Waals surface area contributed by atoms with Crippen LogP contribution < -0.4 is 5.32 Å². The molecule has 1 aromatic rings. The van der Waals surface area contributed by atoms with Crippen molar-refractivity contribution >= 4 is 29.9 Å². The van der Waals surface area contributed by atoms with E-state index in [4.69, 9.17) is 11.6 Å². The molecule has 1 heterocycles. The maximum absolute atomic E-state index is 12.6. The fourth-order valence-corrected chi connectivity index (χ4v) is 3.47. The summed E-state index contributed by atoms with van der Waals surface area (Å²) in [4.78, 5) is 14.5. The Morgan fingerprint density at radius 2 is 1.83 bits per heavy atom. The zero-order valence-corrected chi connectivity index (χ0v) is 16.5. The zero-order chi connectivity index (χ0) is 16.8. The Morgan fingerprint density at radius 3 is 2.42 bits per heavy atom. The quantitative estimate of drug-likeness (QED) is 0.812. The molecule has 1 saturated heterocycles. The van der Waals surface area contributed by atoms with Crippen LogP contribution >= 0.6 is 24.0 Å². The number of hydrogen-bond acceptors (Lipinski definition) is 2. The molecule has 1 aromatic carbocycles. The topological polar surface area (TPSA) is 32.3 Å². The Bertz CT molecular complexity index is 501. The summed E-state index contributed by atoms with van der Waals surface area (Å²) in [6, 6.07) is 8.09. The Labute approximate surface area is 157 Å². The summed E-state index contributed by atoms with van der Waals surface area (Å²) in [5, 5.41) is 4.14. The van der Waals surface area contributed by atoms with Crippen molar-refractivity contribution in [3.05, 3.63) is 34.9 Å². The summed E-state index contributed by atoms with van der Waals surface area (Å²) in [5.41, 5.74) is 1.22. The molecule has 1 fully saturated rings. The highest BCUT2D eigenvalue weighted by atomic mass is 35.5. The standard InChI is InChI=1S/C19H29ClN2O.ClH/c1-14(17-8-10-21-11-9-17)12-19(23)22(3)15(2)13-16-4-6-18(20)7-5-16;/h4-7,14-15,17,21H,8-13H2,1-3H3;1H. The summed E-state index contributed by atoms with van der Waals surface area (Å²) in [7, 11) is 1.93. The molecule has 1 N–H and O–H groups in total. The molecule has 1 amide bonds. The number of rotatable bonds is 6. The fraction of sp³-hybridized carbons (Fsp3) is 0.632. The van der Waals surface area contributed by atoms with Crippen molar-refractivity contribution in [2.24, 2.45) is 11.8 Å². The fourth-order valence-electron chi connectivity index (χ4n) is 3.34. The van der Waals surface area contributed by atoms with Gasteiger partial charge in [-0.2, -0.15) is 0 Å². The molecule has 1 aliphatic rings. The van der Waals surface area contributed by atoms with E-state index in [9.17, 15) is 4.79 Å². The van der Waals surface area contributed by atoms with Gasteiger partial charge in [0.25, 0.3) is 0 Å². The van der Waals surface area contributed by atoms with Crippen molar-refractivity contribution in [1.29, 1.82) is 0 Å². The third kappa shape index (κ3) is 6.27. The maximum atomic E-state index is 12.6. The van der Waals surface area contributed by atoms with E-state index in [1.807, 2.05) is 36.2 Å². The summed E-state index contributed by atoms with van der Waals surface area (Å²) in [5.74, 6) is 1.41. The summed E-state index contributed by atoms with van der Waals surface area (Å²) < 4.78 is 0. The number of benzene rings is 1. The van der Waals surface area contributed by atoms with Crippen LogP contribution in [-0.4, -0.2) is 37.0 Å². The van der Waals surface area contributed by atoms with Crippen molar-refractivity contribution in [3.8, 4) is 0 Å². The lowest BCUT2D eigenvalue weighted by Gasteiger charge is -2.31. The third-order valence-corrected chi connectivity index (χ3v) is 5.44. The number of carbonyl (C=O) groups excluding carboxylic acids is 1. The van der Waals surface area contributed by atoms with E-state index in [0.717, 1.165) is 24.5 Å². The first-order valence-electron chi connectivity index (χ1n) is 8.68. The number of amides is 1. The van der Waals surface area contributed by atoms with E-state index >= 15 is 0 Å². The van der Waals surface area contributed by atoms with Gasteiger partial charge in [0.15, 0.2) is 0 Å². The predicted molar refractivity (Wildman–Crippen MR) is 104 cm³/mol. The smallest absolute Gasteiger partial charge is 0.222 e. The van der Waals surface area contributed by atoms with Crippen LogP contribution in [0.5, 0.6) is 0 Å². The van der Waals surface area contributed by atoms with Crippen LogP contribution in [0.1, 0.15) is 38.7 Å². The highest BCUT2D eigenvalue weighted by Crippen LogP contribution is 2.25. The highest BCUT2D eigenvalue weighted by molar-refractivity contribution is 6.30. The maximum Gasteiger partial charge on any atom is 0.222 e. The molecule has 1 aliphatic heterocycles. The van der Waals surface area contributed by atoms with E-state index in [1.165, 1.54) is 18.4 Å². The van der Waals surface area contributed by atoms with Crippen LogP contribution in [0, 0.1) is 11.8 Å². The Morgan fingerprint density at radius 1 is 1.25 bits per heavy atom. The number of hydrogen-bond donors (Lipinski definition) is 1. The molecule has 0 aliphatic carbocycles. The van der Waals surface area contributed by atoms with Crippen molar-refractivity contribution < 1.29 is 4.79 Å². The largest absolute Gasteiger partial charge is 0.343 e. The average Bonchev–Trinajstić information content (AvgIpc) is 2.56. The number of carbonyl (C=O) groups is 1. The minimum absolute atomic E-state index is 0. The molecule has 2 atom stereocenters. The van der Waals surface area contributed by atoms with Crippen molar-refractivity contribution in [1.82, 2.24) is 10.2 Å². The monoisotopic (exact) mass is 372 g/mol. The van der Waals surface area contributed by atoms with Crippen LogP contribution in [-0.2, 0) is 11.2 Å². The third-order valence-electron chi connectivity index (χ3n) is 5.18. The lowest BCUT2D eigenvalue weighted by molar-refractivity contribution is -0.133. The predicted octanol–water partition coefficient (Wildman–Crippen LogP) is 4.18. The molecule has 0 spiro atoms. The van der Waals surface area contributed by atoms with Crippen LogP contribution in [0.2, 0.25) is 5.02 Å². The second-order valence-corrected chi connectivity index (χ2v) is 7.39. The molecule has 0 bridgehead atoms. The molecule has 24 heavy (non-hydrogen) atoms. The number of nitrogens with one attached hydrogen (secondary N) is 1. The lowest BCUT2D eigenvalue weighted by Crippen LogP contribution is -2.38. The SMILES string of the molecule is CC(CC(=O)N(C)C(C)Cc1ccc(Cl)cc1)C1CCNCC1.Cl. The van der Waals surface area contributed by atoms with E-state index in [-0.39, 0.29) is 24.4 Å². The van der Waals surface area contributed by atoms with Gasteiger partial charge in [0.05, 0.1) is 0 Å².